The Morgan fingerprint density at radius 3 is 2.50 bits per heavy atom. The zero-order chi connectivity index (χ0) is 19.5. The fourth-order valence-corrected chi connectivity index (χ4v) is 6.46. The summed E-state index contributed by atoms with van der Waals surface area (Å²) in [5.74, 6) is -0.229. The minimum Gasteiger partial charge on any atom is -0.326 e. The van der Waals surface area contributed by atoms with Crippen LogP contribution in [0.25, 0.3) is 0 Å². The standard InChI is InChI=1S/C21H32N2O3S.ClH/c1-21(22)13-6-5-12-19(21)20(24)23-17-9-7-8-16(14-17)15-27(25,26)18-10-3-2-4-11-18;/h7-9,14,18-19H,2-6,10-13,15,22H2,1H3,(H,23,24);1H. The van der Waals surface area contributed by atoms with Gasteiger partial charge in [-0.3, -0.25) is 4.79 Å². The minimum atomic E-state index is -3.15. The van der Waals surface area contributed by atoms with Gasteiger partial charge in [-0.25, -0.2) is 8.42 Å². The van der Waals surface area contributed by atoms with Crippen LogP contribution in [0.15, 0.2) is 24.3 Å². The number of carbonyl (C=O) groups is 1. The molecular formula is C21H33ClN2O3S. The maximum Gasteiger partial charge on any atom is 0.229 e. The van der Waals surface area contributed by atoms with Crippen molar-refractivity contribution in [1.82, 2.24) is 0 Å². The molecule has 0 bridgehead atoms. The number of rotatable bonds is 5. The summed E-state index contributed by atoms with van der Waals surface area (Å²) in [6, 6.07) is 7.23. The number of amides is 1. The van der Waals surface area contributed by atoms with E-state index in [2.05, 4.69) is 5.32 Å². The third-order valence-corrected chi connectivity index (χ3v) is 8.42. The summed E-state index contributed by atoms with van der Waals surface area (Å²) in [7, 11) is -3.15. The van der Waals surface area contributed by atoms with Crippen LogP contribution in [0.4, 0.5) is 5.69 Å². The minimum absolute atomic E-state index is 0. The monoisotopic (exact) mass is 428 g/mol. The Hall–Kier alpha value is -1.11. The number of benzene rings is 1. The predicted molar refractivity (Wildman–Crippen MR) is 116 cm³/mol. The van der Waals surface area contributed by atoms with E-state index in [4.69, 9.17) is 5.73 Å². The molecule has 5 nitrogen and oxygen atoms in total. The third-order valence-electron chi connectivity index (χ3n) is 6.19. The van der Waals surface area contributed by atoms with E-state index in [0.717, 1.165) is 63.4 Å². The van der Waals surface area contributed by atoms with Crippen molar-refractivity contribution in [3.63, 3.8) is 0 Å². The number of halogens is 1. The molecule has 3 rings (SSSR count). The highest BCUT2D eigenvalue weighted by Gasteiger charge is 2.37. The van der Waals surface area contributed by atoms with Crippen LogP contribution < -0.4 is 11.1 Å². The number of anilines is 1. The van der Waals surface area contributed by atoms with Crippen molar-refractivity contribution >= 4 is 33.8 Å². The van der Waals surface area contributed by atoms with Gasteiger partial charge in [0.15, 0.2) is 9.84 Å². The van der Waals surface area contributed by atoms with E-state index in [0.29, 0.717) is 5.69 Å². The zero-order valence-electron chi connectivity index (χ0n) is 16.7. The molecule has 2 saturated carbocycles. The maximum absolute atomic E-state index is 12.7. The quantitative estimate of drug-likeness (QED) is 0.735. The number of hydrogen-bond acceptors (Lipinski definition) is 4. The number of nitrogens with one attached hydrogen (secondary N) is 1. The van der Waals surface area contributed by atoms with Gasteiger partial charge in [-0.05, 0) is 50.3 Å². The lowest BCUT2D eigenvalue weighted by Gasteiger charge is -2.37. The summed E-state index contributed by atoms with van der Waals surface area (Å²) >= 11 is 0. The summed E-state index contributed by atoms with van der Waals surface area (Å²) in [5.41, 5.74) is 7.23. The molecule has 1 aromatic carbocycles. The van der Waals surface area contributed by atoms with Crippen molar-refractivity contribution in [2.24, 2.45) is 11.7 Å². The Balaban J connectivity index is 0.00000280. The lowest BCUT2D eigenvalue weighted by molar-refractivity contribution is -0.122. The lowest BCUT2D eigenvalue weighted by atomic mass is 9.74. The highest BCUT2D eigenvalue weighted by atomic mass is 35.5. The molecule has 0 spiro atoms. The van der Waals surface area contributed by atoms with Crippen LogP contribution in [-0.4, -0.2) is 25.1 Å². The first-order chi connectivity index (χ1) is 12.8. The van der Waals surface area contributed by atoms with Crippen LogP contribution in [0.5, 0.6) is 0 Å². The molecule has 3 N–H and O–H groups in total. The van der Waals surface area contributed by atoms with Crippen molar-refractivity contribution in [3.8, 4) is 0 Å². The van der Waals surface area contributed by atoms with E-state index in [9.17, 15) is 13.2 Å². The van der Waals surface area contributed by atoms with E-state index in [1.54, 1.807) is 6.07 Å². The largest absolute Gasteiger partial charge is 0.326 e. The van der Waals surface area contributed by atoms with E-state index in [1.807, 2.05) is 25.1 Å². The molecule has 7 heteroatoms. The summed E-state index contributed by atoms with van der Waals surface area (Å²) in [6.07, 6.45) is 8.41. The van der Waals surface area contributed by atoms with Crippen LogP contribution in [0.2, 0.25) is 0 Å². The van der Waals surface area contributed by atoms with E-state index < -0.39 is 15.4 Å². The molecule has 2 fully saturated rings. The van der Waals surface area contributed by atoms with Gasteiger partial charge >= 0.3 is 0 Å². The molecule has 0 aromatic heterocycles. The second kappa shape index (κ2) is 9.59. The maximum atomic E-state index is 12.7. The van der Waals surface area contributed by atoms with Crippen LogP contribution in [-0.2, 0) is 20.4 Å². The summed E-state index contributed by atoms with van der Waals surface area (Å²) in [4.78, 5) is 12.7. The molecule has 2 atom stereocenters. The van der Waals surface area contributed by atoms with Crippen molar-refractivity contribution in [1.29, 1.82) is 0 Å². The van der Waals surface area contributed by atoms with Gasteiger partial charge in [0.25, 0.3) is 0 Å². The Kier molecular flexibility index (Phi) is 7.94. The third kappa shape index (κ3) is 5.71. The number of hydrogen-bond donors (Lipinski definition) is 2. The highest BCUT2D eigenvalue weighted by molar-refractivity contribution is 7.91. The van der Waals surface area contributed by atoms with Crippen molar-refractivity contribution < 1.29 is 13.2 Å². The van der Waals surface area contributed by atoms with Crippen molar-refractivity contribution in [3.05, 3.63) is 29.8 Å². The highest BCUT2D eigenvalue weighted by Crippen LogP contribution is 2.32. The molecule has 2 unspecified atom stereocenters. The van der Waals surface area contributed by atoms with Gasteiger partial charge in [-0.15, -0.1) is 12.4 Å². The first-order valence-electron chi connectivity index (χ1n) is 10.2. The zero-order valence-corrected chi connectivity index (χ0v) is 18.3. The topological polar surface area (TPSA) is 89.3 Å². The van der Waals surface area contributed by atoms with Crippen LogP contribution in [0.1, 0.15) is 70.3 Å². The number of nitrogens with two attached hydrogens (primary N) is 1. The Morgan fingerprint density at radius 2 is 1.82 bits per heavy atom. The van der Waals surface area contributed by atoms with Crippen LogP contribution >= 0.6 is 12.4 Å². The average Bonchev–Trinajstić information content (AvgIpc) is 2.62. The number of carbonyl (C=O) groups excluding carboxylic acids is 1. The van der Waals surface area contributed by atoms with E-state index in [-0.39, 0.29) is 35.2 Å². The predicted octanol–water partition coefficient (Wildman–Crippen LogP) is 4.20. The first kappa shape index (κ1) is 23.2. The van der Waals surface area contributed by atoms with Gasteiger partial charge in [0, 0.05) is 11.2 Å². The SMILES string of the molecule is CC1(N)CCCCC1C(=O)Nc1cccc(CS(=O)(=O)C2CCCCC2)c1.Cl. The molecule has 2 aliphatic rings. The molecule has 158 valence electrons. The smallest absolute Gasteiger partial charge is 0.229 e. The first-order valence-corrected chi connectivity index (χ1v) is 11.9. The van der Waals surface area contributed by atoms with Crippen molar-refractivity contribution in [2.45, 2.75) is 81.3 Å². The van der Waals surface area contributed by atoms with Gasteiger partial charge in [0.2, 0.25) is 5.91 Å². The molecule has 1 aromatic rings. The van der Waals surface area contributed by atoms with Crippen LogP contribution in [0, 0.1) is 5.92 Å². The van der Waals surface area contributed by atoms with Gasteiger partial charge < -0.3 is 11.1 Å². The summed E-state index contributed by atoms with van der Waals surface area (Å²) in [5, 5.41) is 2.74. The van der Waals surface area contributed by atoms with E-state index in [1.165, 1.54) is 0 Å². The van der Waals surface area contributed by atoms with Gasteiger partial charge in [0.05, 0.1) is 16.9 Å². The Labute approximate surface area is 175 Å². The normalized spacial score (nSPS) is 26.3. The van der Waals surface area contributed by atoms with Gasteiger partial charge in [-0.1, -0.05) is 44.2 Å². The van der Waals surface area contributed by atoms with E-state index >= 15 is 0 Å². The molecule has 0 radical (unpaired) electrons. The van der Waals surface area contributed by atoms with Crippen LogP contribution in [0.3, 0.4) is 0 Å². The summed E-state index contributed by atoms with van der Waals surface area (Å²) < 4.78 is 25.4. The molecule has 0 aliphatic heterocycles. The molecular weight excluding hydrogens is 396 g/mol. The lowest BCUT2D eigenvalue weighted by Crippen LogP contribution is -2.51. The molecule has 1 amide bonds. The van der Waals surface area contributed by atoms with Gasteiger partial charge in [0.1, 0.15) is 0 Å². The fraction of sp³-hybridized carbons (Fsp3) is 0.667. The summed E-state index contributed by atoms with van der Waals surface area (Å²) in [6.45, 7) is 1.95. The Bertz CT molecular complexity index is 774. The molecule has 28 heavy (non-hydrogen) atoms. The second-order valence-corrected chi connectivity index (χ2v) is 10.8. The molecule has 0 heterocycles. The molecule has 2 aliphatic carbocycles. The van der Waals surface area contributed by atoms with Crippen molar-refractivity contribution in [2.75, 3.05) is 5.32 Å². The Morgan fingerprint density at radius 1 is 1.14 bits per heavy atom. The van der Waals surface area contributed by atoms with Gasteiger partial charge in [-0.2, -0.15) is 0 Å². The second-order valence-electron chi connectivity index (χ2n) is 8.56. The fourth-order valence-electron chi connectivity index (χ4n) is 4.53. The molecule has 0 saturated heterocycles. The average molecular weight is 429 g/mol. The number of sulfone groups is 1.